The first-order chi connectivity index (χ1) is 12.5. The number of carbonyl (C=O) groups excluding carboxylic acids is 3. The normalized spacial score (nSPS) is 13.9. The highest BCUT2D eigenvalue weighted by Crippen LogP contribution is 2.17. The van der Waals surface area contributed by atoms with Crippen LogP contribution >= 0.6 is 0 Å². The highest BCUT2D eigenvalue weighted by atomic mass is 16.5. The van der Waals surface area contributed by atoms with Gasteiger partial charge < -0.3 is 14.8 Å². The van der Waals surface area contributed by atoms with Crippen LogP contribution in [0.2, 0.25) is 0 Å². The van der Waals surface area contributed by atoms with Crippen molar-refractivity contribution in [3.8, 4) is 0 Å². The van der Waals surface area contributed by atoms with Gasteiger partial charge in [-0.2, -0.15) is 0 Å². The van der Waals surface area contributed by atoms with Gasteiger partial charge in [0.05, 0.1) is 6.61 Å². The molecule has 0 spiro atoms. The van der Waals surface area contributed by atoms with Gasteiger partial charge in [0.1, 0.15) is 6.61 Å². The molecule has 0 fully saturated rings. The second-order valence-corrected chi connectivity index (χ2v) is 5.77. The number of carbonyl (C=O) groups is 3. The van der Waals surface area contributed by atoms with Crippen LogP contribution < -0.4 is 5.32 Å². The van der Waals surface area contributed by atoms with E-state index in [1.807, 2.05) is 30.3 Å². The lowest BCUT2D eigenvalue weighted by Gasteiger charge is -2.15. The smallest absolute Gasteiger partial charge is 0.331 e. The van der Waals surface area contributed by atoms with E-state index < -0.39 is 11.9 Å². The summed E-state index contributed by atoms with van der Waals surface area (Å²) in [4.78, 5) is 34.4. The van der Waals surface area contributed by atoms with Gasteiger partial charge in [0.15, 0.2) is 0 Å². The summed E-state index contributed by atoms with van der Waals surface area (Å²) in [5.74, 6) is -1.39. The molecular weight excluding hydrogens is 334 g/mol. The molecule has 1 aromatic carbocycles. The van der Waals surface area contributed by atoms with E-state index in [4.69, 9.17) is 9.47 Å². The van der Waals surface area contributed by atoms with Gasteiger partial charge in [-0.15, -0.1) is 0 Å². The molecule has 0 aliphatic carbocycles. The van der Waals surface area contributed by atoms with Gasteiger partial charge in [0.2, 0.25) is 5.91 Å². The van der Waals surface area contributed by atoms with Gasteiger partial charge in [-0.05, 0) is 18.4 Å². The number of hydrogen-bond donors (Lipinski definition) is 1. The largest absolute Gasteiger partial charge is 0.463 e. The first-order valence-corrected chi connectivity index (χ1v) is 8.26. The van der Waals surface area contributed by atoms with Crippen molar-refractivity contribution in [3.63, 3.8) is 0 Å². The molecule has 1 heterocycles. The highest BCUT2D eigenvalue weighted by molar-refractivity contribution is 5.92. The maximum atomic E-state index is 11.6. The second kappa shape index (κ2) is 9.98. The molecule has 1 aromatic rings. The van der Waals surface area contributed by atoms with E-state index in [-0.39, 0.29) is 19.1 Å². The van der Waals surface area contributed by atoms with E-state index >= 15 is 0 Å². The lowest BCUT2D eigenvalue weighted by molar-refractivity contribution is -0.141. The maximum Gasteiger partial charge on any atom is 0.331 e. The number of benzene rings is 1. The maximum absolute atomic E-state index is 11.6. The molecule has 2 rings (SSSR count). The molecule has 136 valence electrons. The van der Waals surface area contributed by atoms with E-state index in [9.17, 15) is 14.4 Å². The molecular formula is C20H21NO5. The summed E-state index contributed by atoms with van der Waals surface area (Å²) in [6, 6.07) is 9.25. The lowest BCUT2D eigenvalue weighted by Crippen LogP contribution is -2.24. The van der Waals surface area contributed by atoms with Crippen LogP contribution in [0.4, 0.5) is 0 Å². The predicted molar refractivity (Wildman–Crippen MR) is 95.6 cm³/mol. The summed E-state index contributed by atoms with van der Waals surface area (Å²) >= 11 is 0. The van der Waals surface area contributed by atoms with E-state index in [0.29, 0.717) is 25.0 Å². The Morgan fingerprint density at radius 3 is 2.50 bits per heavy atom. The molecule has 0 atom stereocenters. The van der Waals surface area contributed by atoms with Crippen molar-refractivity contribution in [1.82, 2.24) is 5.32 Å². The van der Waals surface area contributed by atoms with Crippen molar-refractivity contribution in [1.29, 1.82) is 0 Å². The van der Waals surface area contributed by atoms with Crippen LogP contribution in [-0.2, 0) is 30.5 Å². The van der Waals surface area contributed by atoms with Crippen molar-refractivity contribution < 1.29 is 23.9 Å². The average Bonchev–Trinajstić information content (AvgIpc) is 2.62. The Kier molecular flexibility index (Phi) is 7.36. The van der Waals surface area contributed by atoms with Gasteiger partial charge in [-0.1, -0.05) is 42.5 Å². The zero-order chi connectivity index (χ0) is 18.8. The van der Waals surface area contributed by atoms with Crippen LogP contribution in [0.5, 0.6) is 0 Å². The van der Waals surface area contributed by atoms with Crippen molar-refractivity contribution in [2.75, 3.05) is 6.61 Å². The number of ether oxygens (including phenoxy) is 2. The van der Waals surface area contributed by atoms with Crippen molar-refractivity contribution in [3.05, 3.63) is 72.0 Å². The SMILES string of the molecule is C=C1CC(CCCOC(=O)/C=C/C(=O)OCc2ccccc2)=CC(=O)N1. The Morgan fingerprint density at radius 1 is 1.12 bits per heavy atom. The van der Waals surface area contributed by atoms with Crippen LogP contribution in [0.15, 0.2) is 66.4 Å². The molecule has 6 heteroatoms. The molecule has 1 aliphatic heterocycles. The molecule has 26 heavy (non-hydrogen) atoms. The van der Waals surface area contributed by atoms with Crippen LogP contribution in [-0.4, -0.2) is 24.5 Å². The molecule has 1 aliphatic rings. The van der Waals surface area contributed by atoms with E-state index in [1.165, 1.54) is 0 Å². The molecule has 0 saturated carbocycles. The highest BCUT2D eigenvalue weighted by Gasteiger charge is 2.11. The topological polar surface area (TPSA) is 81.7 Å². The van der Waals surface area contributed by atoms with Crippen molar-refractivity contribution >= 4 is 17.8 Å². The predicted octanol–water partition coefficient (Wildman–Crippen LogP) is 2.57. The van der Waals surface area contributed by atoms with Gasteiger partial charge >= 0.3 is 11.9 Å². The first-order valence-electron chi connectivity index (χ1n) is 8.26. The first kappa shape index (κ1) is 19.2. The van der Waals surface area contributed by atoms with Crippen LogP contribution in [0, 0.1) is 0 Å². The number of esters is 2. The van der Waals surface area contributed by atoms with E-state index in [2.05, 4.69) is 11.9 Å². The summed E-state index contributed by atoms with van der Waals surface area (Å²) in [5, 5.41) is 2.62. The monoisotopic (exact) mass is 355 g/mol. The summed E-state index contributed by atoms with van der Waals surface area (Å²) in [6.45, 7) is 4.08. The Hall–Kier alpha value is -3.15. The fraction of sp³-hybridized carbons (Fsp3) is 0.250. The molecule has 0 aromatic heterocycles. The molecule has 1 amide bonds. The fourth-order valence-corrected chi connectivity index (χ4v) is 2.36. The number of hydrogen-bond acceptors (Lipinski definition) is 5. The minimum absolute atomic E-state index is 0.146. The summed E-state index contributed by atoms with van der Waals surface area (Å²) < 4.78 is 10.0. The minimum atomic E-state index is -0.610. The lowest BCUT2D eigenvalue weighted by atomic mass is 10.0. The third-order valence-corrected chi connectivity index (χ3v) is 3.54. The molecule has 0 bridgehead atoms. The van der Waals surface area contributed by atoms with Gasteiger partial charge in [0, 0.05) is 30.3 Å². The quantitative estimate of drug-likeness (QED) is 0.440. The molecule has 0 saturated heterocycles. The standard InChI is InChI=1S/C20H21NO5/c1-15-12-17(13-18(22)21-15)8-5-11-25-19(23)9-10-20(24)26-14-16-6-3-2-4-7-16/h2-4,6-7,9-10,13H,1,5,8,11-12,14H2,(H,21,22)/b10-9+. The van der Waals surface area contributed by atoms with Crippen molar-refractivity contribution in [2.24, 2.45) is 0 Å². The zero-order valence-electron chi connectivity index (χ0n) is 14.4. The second-order valence-electron chi connectivity index (χ2n) is 5.77. The third kappa shape index (κ3) is 7.17. The van der Waals surface area contributed by atoms with Crippen molar-refractivity contribution in [2.45, 2.75) is 25.9 Å². The minimum Gasteiger partial charge on any atom is -0.463 e. The summed E-state index contributed by atoms with van der Waals surface area (Å²) in [5.41, 5.74) is 2.49. The van der Waals surface area contributed by atoms with Gasteiger partial charge in [-0.3, -0.25) is 4.79 Å². The van der Waals surface area contributed by atoms with E-state index in [0.717, 1.165) is 23.3 Å². The van der Waals surface area contributed by atoms with Gasteiger partial charge in [0.25, 0.3) is 0 Å². The van der Waals surface area contributed by atoms with E-state index in [1.54, 1.807) is 6.08 Å². The Bertz CT molecular complexity index is 734. The number of nitrogens with one attached hydrogen (secondary N) is 1. The third-order valence-electron chi connectivity index (χ3n) is 3.54. The van der Waals surface area contributed by atoms with Crippen LogP contribution in [0.25, 0.3) is 0 Å². The molecule has 1 N–H and O–H groups in total. The number of rotatable bonds is 8. The number of amides is 1. The summed E-state index contributed by atoms with van der Waals surface area (Å²) in [6.07, 6.45) is 5.48. The van der Waals surface area contributed by atoms with Gasteiger partial charge in [-0.25, -0.2) is 9.59 Å². The zero-order valence-corrected chi connectivity index (χ0v) is 14.4. The van der Waals surface area contributed by atoms with Crippen LogP contribution in [0.1, 0.15) is 24.8 Å². The molecule has 6 nitrogen and oxygen atoms in total. The average molecular weight is 355 g/mol. The Balaban J connectivity index is 1.62. The molecule has 0 radical (unpaired) electrons. The fourth-order valence-electron chi connectivity index (χ4n) is 2.36. The Morgan fingerprint density at radius 2 is 1.81 bits per heavy atom. The Labute approximate surface area is 152 Å². The summed E-state index contributed by atoms with van der Waals surface area (Å²) in [7, 11) is 0. The van der Waals surface area contributed by atoms with Crippen LogP contribution in [0.3, 0.4) is 0 Å². The number of allylic oxidation sites excluding steroid dienone is 1. The molecule has 0 unspecified atom stereocenters.